The summed E-state index contributed by atoms with van der Waals surface area (Å²) in [5, 5.41) is 0. The lowest BCUT2D eigenvalue weighted by Crippen LogP contribution is -2.38. The molecular weight excluding hydrogens is 292 g/mol. The van der Waals surface area contributed by atoms with E-state index in [0.717, 1.165) is 51.5 Å². The summed E-state index contributed by atoms with van der Waals surface area (Å²) in [5.74, 6) is 1.48. The van der Waals surface area contributed by atoms with E-state index in [1.54, 1.807) is 0 Å². The molecule has 0 saturated carbocycles. The number of nitrogens with zero attached hydrogens (tertiary/aromatic N) is 4. The normalized spacial score (nSPS) is 25.6. The summed E-state index contributed by atoms with van der Waals surface area (Å²) in [4.78, 5) is 21.8. The second-order valence-electron chi connectivity index (χ2n) is 6.94. The van der Waals surface area contributed by atoms with Crippen molar-refractivity contribution in [3.05, 3.63) is 17.7 Å². The Hall–Kier alpha value is -1.40. The van der Waals surface area contributed by atoms with Crippen LogP contribution in [0.3, 0.4) is 0 Å². The lowest BCUT2D eigenvalue weighted by Gasteiger charge is -2.23. The van der Waals surface area contributed by atoms with Crippen LogP contribution in [-0.2, 0) is 29.0 Å². The van der Waals surface area contributed by atoms with E-state index in [0.29, 0.717) is 6.61 Å². The van der Waals surface area contributed by atoms with E-state index in [1.165, 1.54) is 31.6 Å². The van der Waals surface area contributed by atoms with Crippen molar-refractivity contribution in [3.8, 4) is 0 Å². The maximum Gasteiger partial charge on any atom is 0.228 e. The van der Waals surface area contributed by atoms with E-state index in [1.807, 2.05) is 11.1 Å². The molecular formula is C17H26N4O2. The summed E-state index contributed by atoms with van der Waals surface area (Å²) in [6.45, 7) is 7.18. The molecule has 1 unspecified atom stereocenters. The molecule has 0 bridgehead atoms. The number of aromatic nitrogens is 2. The van der Waals surface area contributed by atoms with Gasteiger partial charge in [0.15, 0.2) is 0 Å². The van der Waals surface area contributed by atoms with Crippen molar-refractivity contribution in [3.63, 3.8) is 0 Å². The highest BCUT2D eigenvalue weighted by molar-refractivity contribution is 5.79. The van der Waals surface area contributed by atoms with Crippen LogP contribution in [0.15, 0.2) is 6.20 Å². The van der Waals surface area contributed by atoms with Gasteiger partial charge in [-0.1, -0.05) is 0 Å². The van der Waals surface area contributed by atoms with E-state index >= 15 is 0 Å². The first-order valence-electron chi connectivity index (χ1n) is 8.93. The van der Waals surface area contributed by atoms with Crippen molar-refractivity contribution in [1.29, 1.82) is 0 Å². The molecule has 1 amide bonds. The summed E-state index contributed by atoms with van der Waals surface area (Å²) >= 11 is 0. The zero-order valence-corrected chi connectivity index (χ0v) is 13.7. The molecule has 2 fully saturated rings. The quantitative estimate of drug-likeness (QED) is 0.831. The predicted molar refractivity (Wildman–Crippen MR) is 85.9 cm³/mol. The van der Waals surface area contributed by atoms with Crippen LogP contribution in [0.5, 0.6) is 0 Å². The number of fused-ring (bicyclic) bond motifs is 1. The monoisotopic (exact) mass is 318 g/mol. The van der Waals surface area contributed by atoms with Crippen molar-refractivity contribution < 1.29 is 9.53 Å². The summed E-state index contributed by atoms with van der Waals surface area (Å²) in [5.41, 5.74) is 1.31. The Morgan fingerprint density at radius 3 is 2.87 bits per heavy atom. The minimum Gasteiger partial charge on any atom is -0.381 e. The summed E-state index contributed by atoms with van der Waals surface area (Å²) in [6.07, 6.45) is 6.40. The average molecular weight is 318 g/mol. The zero-order chi connectivity index (χ0) is 15.6. The topological polar surface area (TPSA) is 50.6 Å². The number of likely N-dealkylation sites (tertiary alicyclic amines) is 1. The number of amides is 1. The van der Waals surface area contributed by atoms with Crippen LogP contribution >= 0.6 is 0 Å². The fraction of sp³-hybridized carbons (Fsp3) is 0.765. The molecule has 4 heterocycles. The molecule has 1 atom stereocenters. The van der Waals surface area contributed by atoms with Gasteiger partial charge in [0.1, 0.15) is 5.82 Å². The Kier molecular flexibility index (Phi) is 4.35. The van der Waals surface area contributed by atoms with Gasteiger partial charge < -0.3 is 14.2 Å². The fourth-order valence-corrected chi connectivity index (χ4v) is 4.00. The molecule has 1 aromatic heterocycles. The minimum absolute atomic E-state index is 0.0736. The molecule has 3 aliphatic heterocycles. The third kappa shape index (κ3) is 3.15. The van der Waals surface area contributed by atoms with E-state index in [9.17, 15) is 4.79 Å². The highest BCUT2D eigenvalue weighted by Gasteiger charge is 2.29. The number of rotatable bonds is 3. The number of hydrogen-bond donors (Lipinski definition) is 0. The standard InChI is InChI=1S/C17H26N4O2/c22-17(14-4-10-23-13-14)20-7-3-16-18-11-15(21(16)9-8-20)12-19-5-1-2-6-19/h11,14H,1-10,12-13H2. The first-order valence-corrected chi connectivity index (χ1v) is 8.93. The van der Waals surface area contributed by atoms with Crippen LogP contribution in [0.1, 0.15) is 30.8 Å². The maximum atomic E-state index is 12.6. The Labute approximate surface area is 137 Å². The molecule has 4 rings (SSSR count). The van der Waals surface area contributed by atoms with Gasteiger partial charge in [0.25, 0.3) is 0 Å². The molecule has 2 saturated heterocycles. The minimum atomic E-state index is 0.0736. The van der Waals surface area contributed by atoms with Crippen molar-refractivity contribution >= 4 is 5.91 Å². The van der Waals surface area contributed by atoms with E-state index in [-0.39, 0.29) is 11.8 Å². The molecule has 0 spiro atoms. The van der Waals surface area contributed by atoms with Crippen LogP contribution in [0.25, 0.3) is 0 Å². The van der Waals surface area contributed by atoms with Crippen molar-refractivity contribution in [2.75, 3.05) is 39.4 Å². The fourth-order valence-electron chi connectivity index (χ4n) is 4.00. The Bertz CT molecular complexity index is 559. The Morgan fingerprint density at radius 2 is 2.09 bits per heavy atom. The van der Waals surface area contributed by atoms with Gasteiger partial charge in [-0.25, -0.2) is 4.98 Å². The molecule has 0 aromatic carbocycles. The number of ether oxygens (including phenoxy) is 1. The van der Waals surface area contributed by atoms with Gasteiger partial charge in [-0.2, -0.15) is 0 Å². The zero-order valence-electron chi connectivity index (χ0n) is 13.7. The second-order valence-corrected chi connectivity index (χ2v) is 6.94. The van der Waals surface area contributed by atoms with E-state index in [2.05, 4.69) is 14.5 Å². The maximum absolute atomic E-state index is 12.6. The molecule has 23 heavy (non-hydrogen) atoms. The number of hydrogen-bond acceptors (Lipinski definition) is 4. The summed E-state index contributed by atoms with van der Waals surface area (Å²) in [6, 6.07) is 0. The molecule has 126 valence electrons. The molecule has 0 radical (unpaired) electrons. The number of carbonyl (C=O) groups excluding carboxylic acids is 1. The van der Waals surface area contributed by atoms with E-state index < -0.39 is 0 Å². The van der Waals surface area contributed by atoms with Crippen LogP contribution in [0, 0.1) is 5.92 Å². The van der Waals surface area contributed by atoms with Crippen LogP contribution in [0.4, 0.5) is 0 Å². The second kappa shape index (κ2) is 6.61. The predicted octanol–water partition coefficient (Wildman–Crippen LogP) is 0.900. The lowest BCUT2D eigenvalue weighted by molar-refractivity contribution is -0.135. The van der Waals surface area contributed by atoms with Crippen molar-refractivity contribution in [1.82, 2.24) is 19.4 Å². The average Bonchev–Trinajstić information content (AvgIpc) is 3.29. The highest BCUT2D eigenvalue weighted by Crippen LogP contribution is 2.20. The van der Waals surface area contributed by atoms with Crippen LogP contribution in [-0.4, -0.2) is 64.7 Å². The van der Waals surface area contributed by atoms with Gasteiger partial charge in [-0.15, -0.1) is 0 Å². The smallest absolute Gasteiger partial charge is 0.228 e. The van der Waals surface area contributed by atoms with Gasteiger partial charge in [-0.3, -0.25) is 9.69 Å². The first kappa shape index (κ1) is 15.1. The van der Waals surface area contributed by atoms with Gasteiger partial charge in [0, 0.05) is 45.4 Å². The van der Waals surface area contributed by atoms with Gasteiger partial charge in [0.2, 0.25) is 5.91 Å². The number of carbonyl (C=O) groups is 1. The molecule has 0 N–H and O–H groups in total. The summed E-state index contributed by atoms with van der Waals surface area (Å²) < 4.78 is 7.71. The SMILES string of the molecule is O=C(C1CCOC1)N1CCc2ncc(CN3CCCC3)n2CC1. The van der Waals surface area contributed by atoms with Gasteiger partial charge >= 0.3 is 0 Å². The third-order valence-corrected chi connectivity index (χ3v) is 5.39. The Morgan fingerprint density at radius 1 is 1.22 bits per heavy atom. The molecule has 6 heteroatoms. The molecule has 1 aromatic rings. The van der Waals surface area contributed by atoms with Gasteiger partial charge in [0.05, 0.1) is 18.2 Å². The van der Waals surface area contributed by atoms with Crippen LogP contribution < -0.4 is 0 Å². The molecule has 6 nitrogen and oxygen atoms in total. The molecule has 3 aliphatic rings. The van der Waals surface area contributed by atoms with Crippen molar-refractivity contribution in [2.24, 2.45) is 5.92 Å². The largest absolute Gasteiger partial charge is 0.381 e. The van der Waals surface area contributed by atoms with E-state index in [4.69, 9.17) is 4.74 Å². The van der Waals surface area contributed by atoms with Crippen molar-refractivity contribution in [2.45, 2.75) is 38.8 Å². The first-order chi connectivity index (χ1) is 11.3. The third-order valence-electron chi connectivity index (χ3n) is 5.39. The molecule has 0 aliphatic carbocycles. The number of imidazole rings is 1. The van der Waals surface area contributed by atoms with Gasteiger partial charge in [-0.05, 0) is 32.4 Å². The highest BCUT2D eigenvalue weighted by atomic mass is 16.5. The summed E-state index contributed by atoms with van der Waals surface area (Å²) in [7, 11) is 0. The lowest BCUT2D eigenvalue weighted by atomic mass is 10.1. The van der Waals surface area contributed by atoms with Crippen LogP contribution in [0.2, 0.25) is 0 Å². The Balaban J connectivity index is 1.42.